The lowest BCUT2D eigenvalue weighted by atomic mass is 9.47. The quantitative estimate of drug-likeness (QED) is 0.138. The Morgan fingerprint density at radius 3 is 0.379 bits per heavy atom. The van der Waals surface area contributed by atoms with Crippen LogP contribution in [0.2, 0.25) is 0 Å². The Morgan fingerprint density at radius 2 is 0.273 bits per heavy atom. The van der Waals surface area contributed by atoms with Crippen LogP contribution in [0.1, 0.15) is 36.1 Å². The van der Waals surface area contributed by atoms with Gasteiger partial charge in [0.2, 0.25) is 0 Å². The van der Waals surface area contributed by atoms with Crippen LogP contribution in [-0.2, 0) is 10.8 Å². The number of likely N-dealkylation sites (tertiary alicyclic amines) is 1. The van der Waals surface area contributed by atoms with Crippen LogP contribution >= 0.6 is 0 Å². The molecule has 2 atom stereocenters. The molecule has 0 amide bonds. The molecular formula is C65H11N. The molecule has 4 aliphatic carbocycles. The Kier molecular flexibility index (Phi) is 1.90. The number of hydrogen-bond donors (Lipinski definition) is 0. The minimum Gasteiger partial charge on any atom is -0.298 e. The number of rotatable bonds is 0. The first kappa shape index (κ1) is 24.1. The summed E-state index contributed by atoms with van der Waals surface area (Å²) in [6.45, 7) is 5.47. The Morgan fingerprint density at radius 1 is 0.182 bits per heavy atom. The van der Waals surface area contributed by atoms with Crippen LogP contribution in [0.3, 0.4) is 0 Å². The van der Waals surface area contributed by atoms with E-state index in [1.54, 1.807) is 313 Å². The number of likely N-dealkylation sites (N-methyl/N-ethyl adjacent to an activating group) is 1. The van der Waals surface area contributed by atoms with Gasteiger partial charge in [-0.05, 0) is 334 Å². The summed E-state index contributed by atoms with van der Waals surface area (Å²) >= 11 is 0. The van der Waals surface area contributed by atoms with E-state index in [0.717, 1.165) is 0 Å². The summed E-state index contributed by atoms with van der Waals surface area (Å²) in [7, 11) is 2.57. The van der Waals surface area contributed by atoms with Gasteiger partial charge < -0.3 is 0 Å². The van der Waals surface area contributed by atoms with Gasteiger partial charge in [-0.15, -0.1) is 0 Å². The fourth-order valence-corrected chi connectivity index (χ4v) is 25.8. The summed E-state index contributed by atoms with van der Waals surface area (Å²) < 4.78 is 0. The minimum absolute atomic E-state index is 0.174. The van der Waals surface area contributed by atoms with Crippen molar-refractivity contribution in [3.05, 3.63) is 22.3 Å². The molecule has 5 aliphatic rings. The van der Waals surface area contributed by atoms with Gasteiger partial charge in [0, 0.05) is 12.1 Å². The third-order valence-corrected chi connectivity index (χ3v) is 25.9. The summed E-state index contributed by atoms with van der Waals surface area (Å²) in [5.41, 5.74) is 6.88. The number of hydrogen-bond acceptors (Lipinski definition) is 1. The van der Waals surface area contributed by atoms with Crippen molar-refractivity contribution in [2.45, 2.75) is 36.8 Å². The normalized spacial score (nSPS) is 25.9. The van der Waals surface area contributed by atoms with Crippen molar-refractivity contribution in [3.63, 3.8) is 0 Å². The fraction of sp³-hybridized carbons (Fsp3) is 0.108. The third-order valence-electron chi connectivity index (χ3n) is 25.9. The topological polar surface area (TPSA) is 3.24 Å². The molecule has 33 rings (SSSR count). The SMILES string of the molecule is CC1N(C)C(C)C23c4c5c6c7c8c9c(c%10c%11c2c2c4c4c%12c5c5c6c6c8c8c%13c9c9c%10c%10c%11c%11c2c2c4c4c%12c%12c5c5c6c8c6c8c%13c9c9c%10c%10c%11c2c2c4c4c%12c5c6c5c8c9c%10c2c45)C713. The summed E-state index contributed by atoms with van der Waals surface area (Å²) in [5.74, 6) is 0. The minimum atomic E-state index is -0.174. The molecule has 0 saturated carbocycles. The van der Waals surface area contributed by atoms with E-state index >= 15 is 0 Å². The highest BCUT2D eigenvalue weighted by Crippen LogP contribution is 2.86. The molecule has 1 aliphatic heterocycles. The van der Waals surface area contributed by atoms with E-state index in [0.29, 0.717) is 12.1 Å². The van der Waals surface area contributed by atoms with Gasteiger partial charge in [0.25, 0.3) is 0 Å². The summed E-state index contributed by atoms with van der Waals surface area (Å²) in [4.78, 5) is 2.95. The third kappa shape index (κ3) is 1.17. The van der Waals surface area contributed by atoms with Gasteiger partial charge in [0.1, 0.15) is 0 Å². The molecule has 2 spiro atoms. The molecule has 0 radical (unpaired) electrons. The van der Waals surface area contributed by atoms with E-state index in [4.69, 9.17) is 0 Å². The van der Waals surface area contributed by atoms with E-state index in [1.807, 2.05) is 0 Å². The Labute approximate surface area is 360 Å². The predicted octanol–water partition coefficient (Wildman–Crippen LogP) is 17.0. The molecular weight excluding hydrogens is 795 g/mol. The summed E-state index contributed by atoms with van der Waals surface area (Å²) in [6, 6.07) is 0.700. The van der Waals surface area contributed by atoms with Crippen molar-refractivity contribution in [2.75, 3.05) is 7.05 Å². The Balaban J connectivity index is 1.27. The van der Waals surface area contributed by atoms with Gasteiger partial charge in [-0.2, -0.15) is 0 Å². The van der Waals surface area contributed by atoms with Gasteiger partial charge >= 0.3 is 0 Å². The smallest absolute Gasteiger partial charge is 0.0533 e. The zero-order valence-electron chi connectivity index (χ0n) is 34.6. The average molecular weight is 806 g/mol. The second-order valence-electron chi connectivity index (χ2n) is 25.4. The molecule has 0 N–H and O–H groups in total. The lowest BCUT2D eigenvalue weighted by Gasteiger charge is -2.52. The first-order valence-corrected chi connectivity index (χ1v) is 25.2. The maximum absolute atomic E-state index is 2.95. The zero-order valence-corrected chi connectivity index (χ0v) is 34.6. The molecule has 1 heterocycles. The predicted molar refractivity (Wildman–Crippen MR) is 281 cm³/mol. The molecule has 1 heteroatoms. The largest absolute Gasteiger partial charge is 0.298 e. The highest BCUT2D eigenvalue weighted by Gasteiger charge is 2.77. The van der Waals surface area contributed by atoms with E-state index < -0.39 is 0 Å². The van der Waals surface area contributed by atoms with Crippen molar-refractivity contribution in [1.82, 2.24) is 4.90 Å². The second-order valence-corrected chi connectivity index (χ2v) is 25.4. The molecule has 2 unspecified atom stereocenters. The van der Waals surface area contributed by atoms with E-state index in [1.165, 1.54) is 0 Å². The van der Waals surface area contributed by atoms with Crippen LogP contribution in [-0.4, -0.2) is 24.0 Å². The number of nitrogens with zero attached hydrogens (tertiary/aromatic N) is 1. The van der Waals surface area contributed by atoms with Gasteiger partial charge in [-0.1, -0.05) is 0 Å². The first-order valence-electron chi connectivity index (χ1n) is 25.2. The van der Waals surface area contributed by atoms with Crippen molar-refractivity contribution >= 4 is 291 Å². The molecule has 28 aromatic carbocycles. The van der Waals surface area contributed by atoms with Gasteiger partial charge in [0.05, 0.1) is 10.8 Å². The maximum atomic E-state index is 2.95. The average Bonchev–Trinajstić information content (AvgIpc) is 4.17. The molecule has 0 aromatic heterocycles. The van der Waals surface area contributed by atoms with E-state index in [2.05, 4.69) is 25.8 Å². The van der Waals surface area contributed by atoms with Crippen molar-refractivity contribution < 1.29 is 0 Å². The van der Waals surface area contributed by atoms with E-state index in [9.17, 15) is 0 Å². The van der Waals surface area contributed by atoms with Crippen LogP contribution in [0.25, 0.3) is 291 Å². The first-order chi connectivity index (χ1) is 32.7. The van der Waals surface area contributed by atoms with Crippen LogP contribution in [0, 0.1) is 0 Å². The van der Waals surface area contributed by atoms with Crippen LogP contribution in [0.4, 0.5) is 0 Å². The lowest BCUT2D eigenvalue weighted by Crippen LogP contribution is -2.55. The molecule has 276 valence electrons. The van der Waals surface area contributed by atoms with Crippen molar-refractivity contribution in [3.8, 4) is 0 Å². The zero-order chi connectivity index (χ0) is 39.2. The summed E-state index contributed by atoms with van der Waals surface area (Å²) in [5, 5.41) is 91.3. The standard InChI is InChI=1S/C65H11N/c1-4-64-60-52-44-34-24-16-8-6-7-10-14-12(8)20-28-22(14)32-26-18(10)19-11(7)15-13-9(6)17(16)25-31-21(13)29-23(15)33-27(19)37-36(26)46-40(32)50-42(28)48(38(44)30(20)24)56(60)58(50)62-54(46)55-47(37)41(33)51-43(29)49-39(31)45(35(25)34)53(52)61(64)57(49)59(51)63(55)65(62,64)5(2)66(4)3/h4-5H,1-3H3. The van der Waals surface area contributed by atoms with Crippen LogP contribution < -0.4 is 0 Å². The molecule has 0 bridgehead atoms. The Bertz CT molecular complexity index is 6460. The van der Waals surface area contributed by atoms with Crippen LogP contribution in [0.5, 0.6) is 0 Å². The molecule has 28 aromatic rings. The second kappa shape index (κ2) is 5.20. The fourth-order valence-electron chi connectivity index (χ4n) is 25.8. The van der Waals surface area contributed by atoms with E-state index in [-0.39, 0.29) is 10.8 Å². The monoisotopic (exact) mass is 805 g/mol. The summed E-state index contributed by atoms with van der Waals surface area (Å²) in [6.07, 6.45) is 0. The highest BCUT2D eigenvalue weighted by atomic mass is 15.2. The maximum Gasteiger partial charge on any atom is 0.0533 e. The van der Waals surface area contributed by atoms with Gasteiger partial charge in [-0.3, -0.25) is 4.90 Å². The van der Waals surface area contributed by atoms with Gasteiger partial charge in [0.15, 0.2) is 0 Å². The lowest BCUT2D eigenvalue weighted by molar-refractivity contribution is 0.244. The Hall–Kier alpha value is -7.58. The molecule has 1 fully saturated rings. The molecule has 1 nitrogen and oxygen atoms in total. The molecule has 66 heavy (non-hydrogen) atoms. The number of benzene rings is 18. The molecule has 1 saturated heterocycles. The van der Waals surface area contributed by atoms with Gasteiger partial charge in [-0.25, -0.2) is 0 Å². The van der Waals surface area contributed by atoms with Crippen LogP contribution in [0.15, 0.2) is 0 Å². The van der Waals surface area contributed by atoms with Crippen molar-refractivity contribution in [2.24, 2.45) is 0 Å². The highest BCUT2D eigenvalue weighted by molar-refractivity contribution is 6.82. The van der Waals surface area contributed by atoms with Crippen molar-refractivity contribution in [1.29, 1.82) is 0 Å².